The molecule has 1 fully saturated rings. The maximum Gasteiger partial charge on any atom is 0.244 e. The summed E-state index contributed by atoms with van der Waals surface area (Å²) >= 11 is 5.85. The average molecular weight is 436 g/mol. The SMILES string of the molecule is CN(C)C(=O)C(c1ccccc1)N1CCC(NS(=O)(=O)c2ccc(Cl)cc2)CC1. The molecule has 2 aromatic rings. The summed E-state index contributed by atoms with van der Waals surface area (Å²) in [6.07, 6.45) is 1.27. The average Bonchev–Trinajstić information content (AvgIpc) is 2.70. The van der Waals surface area contributed by atoms with Crippen LogP contribution in [0.4, 0.5) is 0 Å². The van der Waals surface area contributed by atoms with Crippen molar-refractivity contribution in [3.8, 4) is 0 Å². The lowest BCUT2D eigenvalue weighted by Gasteiger charge is -2.38. The predicted molar refractivity (Wildman–Crippen MR) is 114 cm³/mol. The van der Waals surface area contributed by atoms with Crippen LogP contribution in [-0.4, -0.2) is 57.4 Å². The van der Waals surface area contributed by atoms with Crippen molar-refractivity contribution in [2.75, 3.05) is 27.2 Å². The first-order chi connectivity index (χ1) is 13.8. The van der Waals surface area contributed by atoms with Crippen molar-refractivity contribution in [2.45, 2.75) is 29.8 Å². The number of nitrogens with one attached hydrogen (secondary N) is 1. The zero-order valence-electron chi connectivity index (χ0n) is 16.6. The number of hydrogen-bond donors (Lipinski definition) is 1. The van der Waals surface area contributed by atoms with Crippen molar-refractivity contribution < 1.29 is 13.2 Å². The van der Waals surface area contributed by atoms with Crippen LogP contribution in [0.1, 0.15) is 24.4 Å². The molecule has 29 heavy (non-hydrogen) atoms. The van der Waals surface area contributed by atoms with Gasteiger partial charge in [-0.05, 0) is 42.7 Å². The summed E-state index contributed by atoms with van der Waals surface area (Å²) in [5.74, 6) is 0.0244. The van der Waals surface area contributed by atoms with Crippen molar-refractivity contribution in [2.24, 2.45) is 0 Å². The Labute approximate surface area is 177 Å². The van der Waals surface area contributed by atoms with Crippen molar-refractivity contribution in [1.82, 2.24) is 14.5 Å². The van der Waals surface area contributed by atoms with Crippen LogP contribution in [0.3, 0.4) is 0 Å². The summed E-state index contributed by atoms with van der Waals surface area (Å²) < 4.78 is 28.0. The van der Waals surface area contributed by atoms with Gasteiger partial charge in [0, 0.05) is 38.2 Å². The number of benzene rings is 2. The van der Waals surface area contributed by atoms with Crippen LogP contribution in [0.2, 0.25) is 5.02 Å². The summed E-state index contributed by atoms with van der Waals surface area (Å²) in [4.78, 5) is 16.8. The van der Waals surface area contributed by atoms with Gasteiger partial charge < -0.3 is 4.90 Å². The third-order valence-electron chi connectivity index (χ3n) is 5.13. The molecule has 8 heteroatoms. The van der Waals surface area contributed by atoms with Crippen molar-refractivity contribution in [3.05, 3.63) is 65.2 Å². The molecule has 0 saturated carbocycles. The Morgan fingerprint density at radius 1 is 1.07 bits per heavy atom. The third kappa shape index (κ3) is 5.36. The van der Waals surface area contributed by atoms with Gasteiger partial charge >= 0.3 is 0 Å². The third-order valence-corrected chi connectivity index (χ3v) is 6.92. The summed E-state index contributed by atoms with van der Waals surface area (Å²) in [6.45, 7) is 1.26. The number of sulfonamides is 1. The van der Waals surface area contributed by atoms with Crippen LogP contribution in [0, 0.1) is 0 Å². The lowest BCUT2D eigenvalue weighted by molar-refractivity contribution is -0.135. The number of amides is 1. The van der Waals surface area contributed by atoms with Crippen LogP contribution < -0.4 is 4.72 Å². The maximum atomic E-state index is 12.8. The van der Waals surface area contributed by atoms with E-state index in [1.54, 1.807) is 31.1 Å². The molecule has 0 radical (unpaired) electrons. The van der Waals surface area contributed by atoms with Gasteiger partial charge in [-0.15, -0.1) is 0 Å². The molecule has 2 aromatic carbocycles. The van der Waals surface area contributed by atoms with Crippen LogP contribution in [0.5, 0.6) is 0 Å². The molecule has 1 N–H and O–H groups in total. The predicted octanol–water partition coefficient (Wildman–Crippen LogP) is 2.91. The monoisotopic (exact) mass is 435 g/mol. The molecule has 0 bridgehead atoms. The number of likely N-dealkylation sites (tertiary alicyclic amines) is 1. The van der Waals surface area contributed by atoms with Gasteiger partial charge in [-0.2, -0.15) is 0 Å². The lowest BCUT2D eigenvalue weighted by atomic mass is 9.99. The molecule has 3 rings (SSSR count). The van der Waals surface area contributed by atoms with Crippen LogP contribution in [0.15, 0.2) is 59.5 Å². The van der Waals surface area contributed by atoms with Gasteiger partial charge in [0.15, 0.2) is 0 Å². The minimum atomic E-state index is -3.60. The molecule has 1 saturated heterocycles. The molecule has 1 amide bonds. The molecule has 1 aliphatic heterocycles. The summed E-state index contributed by atoms with van der Waals surface area (Å²) in [7, 11) is -0.0882. The Morgan fingerprint density at radius 3 is 2.21 bits per heavy atom. The van der Waals surface area contributed by atoms with Crippen molar-refractivity contribution in [1.29, 1.82) is 0 Å². The number of hydrogen-bond acceptors (Lipinski definition) is 4. The summed E-state index contributed by atoms with van der Waals surface area (Å²) in [5, 5.41) is 0.495. The van der Waals surface area contributed by atoms with Crippen LogP contribution in [0.25, 0.3) is 0 Å². The Kier molecular flexibility index (Phi) is 6.95. The highest BCUT2D eigenvalue weighted by atomic mass is 35.5. The quantitative estimate of drug-likeness (QED) is 0.757. The van der Waals surface area contributed by atoms with Crippen LogP contribution in [-0.2, 0) is 14.8 Å². The largest absolute Gasteiger partial charge is 0.347 e. The molecular formula is C21H26ClN3O3S. The Morgan fingerprint density at radius 2 is 1.66 bits per heavy atom. The van der Waals surface area contributed by atoms with Crippen molar-refractivity contribution >= 4 is 27.5 Å². The molecular weight excluding hydrogens is 410 g/mol. The Hall–Kier alpha value is -1.93. The van der Waals surface area contributed by atoms with Gasteiger partial charge in [0.25, 0.3) is 0 Å². The number of nitrogens with zero attached hydrogens (tertiary/aromatic N) is 2. The van der Waals surface area contributed by atoms with E-state index in [2.05, 4.69) is 9.62 Å². The fourth-order valence-electron chi connectivity index (χ4n) is 3.57. The first-order valence-corrected chi connectivity index (χ1v) is 11.4. The Balaban J connectivity index is 1.68. The van der Waals surface area contributed by atoms with Crippen LogP contribution >= 0.6 is 11.6 Å². The first kappa shape index (κ1) is 21.8. The normalized spacial score (nSPS) is 17.1. The number of piperidine rings is 1. The van der Waals surface area contributed by atoms with E-state index in [1.165, 1.54) is 12.1 Å². The van der Waals surface area contributed by atoms with Gasteiger partial charge in [-0.25, -0.2) is 13.1 Å². The van der Waals surface area contributed by atoms with Gasteiger partial charge in [0.1, 0.15) is 6.04 Å². The molecule has 0 aromatic heterocycles. The molecule has 1 unspecified atom stereocenters. The molecule has 0 spiro atoms. The van der Waals surface area contributed by atoms with E-state index in [1.807, 2.05) is 30.3 Å². The van der Waals surface area contributed by atoms with Gasteiger partial charge in [0.2, 0.25) is 15.9 Å². The summed E-state index contributed by atoms with van der Waals surface area (Å²) in [6, 6.07) is 15.3. The minimum absolute atomic E-state index is 0.0244. The van der Waals surface area contributed by atoms with E-state index in [9.17, 15) is 13.2 Å². The second-order valence-corrected chi connectivity index (χ2v) is 9.58. The summed E-state index contributed by atoms with van der Waals surface area (Å²) in [5.41, 5.74) is 0.950. The highest BCUT2D eigenvalue weighted by molar-refractivity contribution is 7.89. The first-order valence-electron chi connectivity index (χ1n) is 9.56. The van der Waals surface area contributed by atoms with Gasteiger partial charge in [-0.3, -0.25) is 9.69 Å². The zero-order valence-corrected chi connectivity index (χ0v) is 18.2. The number of likely N-dealkylation sites (N-methyl/N-ethyl adjacent to an activating group) is 1. The second-order valence-electron chi connectivity index (χ2n) is 7.43. The lowest BCUT2D eigenvalue weighted by Crippen LogP contribution is -2.48. The zero-order chi connectivity index (χ0) is 21.0. The highest BCUT2D eigenvalue weighted by Gasteiger charge is 2.33. The van der Waals surface area contributed by atoms with E-state index in [0.29, 0.717) is 31.0 Å². The Bertz CT molecular complexity index is 925. The van der Waals surface area contributed by atoms with E-state index in [-0.39, 0.29) is 22.9 Å². The molecule has 6 nitrogen and oxygen atoms in total. The topological polar surface area (TPSA) is 69.7 Å². The molecule has 0 aliphatic carbocycles. The molecule has 1 aliphatic rings. The fourth-order valence-corrected chi connectivity index (χ4v) is 5.00. The molecule has 1 heterocycles. The van der Waals surface area contributed by atoms with E-state index in [4.69, 9.17) is 11.6 Å². The standard InChI is InChI=1S/C21H26ClN3O3S/c1-24(2)21(26)20(16-6-4-3-5-7-16)25-14-12-18(13-15-25)23-29(27,28)19-10-8-17(22)9-11-19/h3-11,18,20,23H,12-15H2,1-2H3. The minimum Gasteiger partial charge on any atom is -0.347 e. The number of halogens is 1. The molecule has 1 atom stereocenters. The molecule has 156 valence electrons. The van der Waals surface area contributed by atoms with E-state index < -0.39 is 10.0 Å². The number of carbonyl (C=O) groups excluding carboxylic acids is 1. The number of rotatable bonds is 6. The second kappa shape index (κ2) is 9.26. The van der Waals surface area contributed by atoms with E-state index >= 15 is 0 Å². The highest BCUT2D eigenvalue weighted by Crippen LogP contribution is 2.27. The smallest absolute Gasteiger partial charge is 0.244 e. The fraction of sp³-hybridized carbons (Fsp3) is 0.381. The van der Waals surface area contributed by atoms with Gasteiger partial charge in [0.05, 0.1) is 4.90 Å². The maximum absolute atomic E-state index is 12.8. The van der Waals surface area contributed by atoms with E-state index in [0.717, 1.165) is 5.56 Å². The van der Waals surface area contributed by atoms with Crippen molar-refractivity contribution in [3.63, 3.8) is 0 Å². The number of carbonyl (C=O) groups is 1. The van der Waals surface area contributed by atoms with Gasteiger partial charge in [-0.1, -0.05) is 41.9 Å².